The second-order valence-corrected chi connectivity index (χ2v) is 6.03. The van der Waals surface area contributed by atoms with Crippen molar-refractivity contribution in [3.63, 3.8) is 0 Å². The summed E-state index contributed by atoms with van der Waals surface area (Å²) in [5.74, 6) is 0.0907. The lowest BCUT2D eigenvalue weighted by Crippen LogP contribution is -2.42. The van der Waals surface area contributed by atoms with Gasteiger partial charge in [-0.25, -0.2) is 0 Å². The number of rotatable bonds is 3. The fourth-order valence-electron chi connectivity index (χ4n) is 3.32. The number of aryl methyl sites for hydroxylation is 1. The Morgan fingerprint density at radius 1 is 1.30 bits per heavy atom. The predicted octanol–water partition coefficient (Wildman–Crippen LogP) is 2.47. The molecule has 1 fully saturated rings. The lowest BCUT2D eigenvalue weighted by atomic mass is 10.0. The van der Waals surface area contributed by atoms with E-state index in [0.717, 1.165) is 23.5 Å². The maximum Gasteiger partial charge on any atom is 0.220 e. The molecule has 1 aliphatic rings. The summed E-state index contributed by atoms with van der Waals surface area (Å²) in [6.45, 7) is 8.23. The van der Waals surface area contributed by atoms with E-state index in [1.165, 1.54) is 5.56 Å². The highest BCUT2D eigenvalue weighted by atomic mass is 16.5. The molecule has 1 atom stereocenters. The zero-order valence-electron chi connectivity index (χ0n) is 14.0. The summed E-state index contributed by atoms with van der Waals surface area (Å²) >= 11 is 0. The zero-order valence-corrected chi connectivity index (χ0v) is 14.0. The maximum atomic E-state index is 11.9. The molecule has 0 bridgehead atoms. The fourth-order valence-corrected chi connectivity index (χ4v) is 3.32. The Morgan fingerprint density at radius 2 is 2.04 bits per heavy atom. The number of carbonyl (C=O) groups excluding carboxylic acids is 1. The summed E-state index contributed by atoms with van der Waals surface area (Å²) in [4.78, 5) is 13.8. The quantitative estimate of drug-likeness (QED) is 0.874. The van der Waals surface area contributed by atoms with Gasteiger partial charge in [-0.1, -0.05) is 30.3 Å². The Balaban J connectivity index is 1.92. The SMILES string of the molecule is CC(=O)N1CCOC[C@H]1c1c(C)nn(Cc2ccccc2)c1C. The molecule has 1 aliphatic heterocycles. The first-order valence-corrected chi connectivity index (χ1v) is 8.00. The second-order valence-electron chi connectivity index (χ2n) is 6.03. The van der Waals surface area contributed by atoms with Gasteiger partial charge >= 0.3 is 0 Å². The van der Waals surface area contributed by atoms with Gasteiger partial charge in [-0.05, 0) is 19.4 Å². The zero-order chi connectivity index (χ0) is 16.4. The van der Waals surface area contributed by atoms with Crippen molar-refractivity contribution in [2.75, 3.05) is 19.8 Å². The molecule has 1 amide bonds. The van der Waals surface area contributed by atoms with Crippen LogP contribution in [0, 0.1) is 13.8 Å². The molecule has 0 radical (unpaired) electrons. The molecule has 0 aliphatic carbocycles. The van der Waals surface area contributed by atoms with E-state index in [2.05, 4.69) is 19.1 Å². The molecule has 3 rings (SSSR count). The minimum Gasteiger partial charge on any atom is -0.377 e. The average molecular weight is 313 g/mol. The topological polar surface area (TPSA) is 47.4 Å². The Kier molecular flexibility index (Phi) is 4.48. The van der Waals surface area contributed by atoms with Crippen LogP contribution in [0.15, 0.2) is 30.3 Å². The molecule has 1 aromatic carbocycles. The molecule has 0 saturated carbocycles. The molecular weight excluding hydrogens is 290 g/mol. The summed E-state index contributed by atoms with van der Waals surface area (Å²) in [6, 6.07) is 10.2. The number of ether oxygens (including phenoxy) is 1. The van der Waals surface area contributed by atoms with E-state index in [1.54, 1.807) is 6.92 Å². The van der Waals surface area contributed by atoms with Gasteiger partial charge in [0.2, 0.25) is 5.91 Å². The van der Waals surface area contributed by atoms with Crippen molar-refractivity contribution >= 4 is 5.91 Å². The number of amides is 1. The Labute approximate surface area is 136 Å². The first kappa shape index (κ1) is 15.7. The van der Waals surface area contributed by atoms with E-state index >= 15 is 0 Å². The first-order valence-electron chi connectivity index (χ1n) is 8.00. The van der Waals surface area contributed by atoms with Crippen molar-refractivity contribution in [3.05, 3.63) is 52.8 Å². The normalized spacial score (nSPS) is 18.2. The molecule has 5 heteroatoms. The van der Waals surface area contributed by atoms with Crippen LogP contribution in [0.1, 0.15) is 35.5 Å². The Morgan fingerprint density at radius 3 is 2.74 bits per heavy atom. The minimum atomic E-state index is -0.0363. The fraction of sp³-hybridized carbons (Fsp3) is 0.444. The number of nitrogens with zero attached hydrogens (tertiary/aromatic N) is 3. The summed E-state index contributed by atoms with van der Waals surface area (Å²) in [5, 5.41) is 4.70. The van der Waals surface area contributed by atoms with Crippen LogP contribution >= 0.6 is 0 Å². The lowest BCUT2D eigenvalue weighted by molar-refractivity contribution is -0.137. The van der Waals surface area contributed by atoms with Gasteiger partial charge in [0.15, 0.2) is 0 Å². The van der Waals surface area contributed by atoms with Gasteiger partial charge in [0.05, 0.1) is 31.5 Å². The van der Waals surface area contributed by atoms with Crippen LogP contribution in [0.25, 0.3) is 0 Å². The number of aromatic nitrogens is 2. The van der Waals surface area contributed by atoms with E-state index in [-0.39, 0.29) is 11.9 Å². The van der Waals surface area contributed by atoms with Crippen LogP contribution in [-0.4, -0.2) is 40.3 Å². The van der Waals surface area contributed by atoms with E-state index in [4.69, 9.17) is 9.84 Å². The number of benzene rings is 1. The van der Waals surface area contributed by atoms with Gasteiger partial charge in [-0.3, -0.25) is 9.48 Å². The van der Waals surface area contributed by atoms with Crippen LogP contribution in [-0.2, 0) is 16.1 Å². The summed E-state index contributed by atoms with van der Waals surface area (Å²) in [5.41, 5.74) is 4.41. The molecule has 23 heavy (non-hydrogen) atoms. The van der Waals surface area contributed by atoms with Gasteiger partial charge in [-0.2, -0.15) is 5.10 Å². The molecule has 0 N–H and O–H groups in total. The first-order chi connectivity index (χ1) is 11.1. The van der Waals surface area contributed by atoms with Gasteiger partial charge in [-0.15, -0.1) is 0 Å². The molecule has 0 spiro atoms. The molecule has 1 saturated heterocycles. The highest BCUT2D eigenvalue weighted by Gasteiger charge is 2.31. The molecule has 2 heterocycles. The van der Waals surface area contributed by atoms with Crippen LogP contribution in [0.2, 0.25) is 0 Å². The largest absolute Gasteiger partial charge is 0.377 e. The second kappa shape index (κ2) is 6.54. The van der Waals surface area contributed by atoms with Crippen LogP contribution < -0.4 is 0 Å². The molecule has 1 aromatic heterocycles. The number of hydrogen-bond acceptors (Lipinski definition) is 3. The van der Waals surface area contributed by atoms with Crippen molar-refractivity contribution in [1.29, 1.82) is 0 Å². The lowest BCUT2D eigenvalue weighted by Gasteiger charge is -2.35. The monoisotopic (exact) mass is 313 g/mol. The molecule has 2 aromatic rings. The number of hydrogen-bond donors (Lipinski definition) is 0. The van der Waals surface area contributed by atoms with Crippen molar-refractivity contribution in [2.45, 2.75) is 33.4 Å². The summed E-state index contributed by atoms with van der Waals surface area (Å²) in [6.07, 6.45) is 0. The van der Waals surface area contributed by atoms with Crippen LogP contribution in [0.4, 0.5) is 0 Å². The van der Waals surface area contributed by atoms with E-state index in [0.29, 0.717) is 19.8 Å². The van der Waals surface area contributed by atoms with Gasteiger partial charge in [0.25, 0.3) is 0 Å². The summed E-state index contributed by atoms with van der Waals surface area (Å²) in [7, 11) is 0. The third-order valence-corrected chi connectivity index (χ3v) is 4.48. The Hall–Kier alpha value is -2.14. The summed E-state index contributed by atoms with van der Waals surface area (Å²) < 4.78 is 7.64. The Bertz CT molecular complexity index is 694. The number of carbonyl (C=O) groups is 1. The van der Waals surface area contributed by atoms with E-state index in [9.17, 15) is 4.79 Å². The van der Waals surface area contributed by atoms with Crippen molar-refractivity contribution < 1.29 is 9.53 Å². The highest BCUT2D eigenvalue weighted by molar-refractivity contribution is 5.74. The standard InChI is InChI=1S/C18H23N3O2/c1-13-18(17-12-23-10-9-20(17)15(3)22)14(2)21(19-13)11-16-7-5-4-6-8-16/h4-8,17H,9-12H2,1-3H3/t17-/m0/s1. The van der Waals surface area contributed by atoms with Gasteiger partial charge < -0.3 is 9.64 Å². The molecule has 122 valence electrons. The number of morpholine rings is 1. The van der Waals surface area contributed by atoms with Crippen LogP contribution in [0.3, 0.4) is 0 Å². The van der Waals surface area contributed by atoms with Gasteiger partial charge in [0, 0.05) is 24.7 Å². The third-order valence-electron chi connectivity index (χ3n) is 4.48. The van der Waals surface area contributed by atoms with Crippen molar-refractivity contribution in [2.24, 2.45) is 0 Å². The van der Waals surface area contributed by atoms with Crippen molar-refractivity contribution in [1.82, 2.24) is 14.7 Å². The molecular formula is C18H23N3O2. The third kappa shape index (κ3) is 3.15. The average Bonchev–Trinajstić information content (AvgIpc) is 2.82. The van der Waals surface area contributed by atoms with Crippen LogP contribution in [0.5, 0.6) is 0 Å². The maximum absolute atomic E-state index is 11.9. The minimum absolute atomic E-state index is 0.0363. The molecule has 5 nitrogen and oxygen atoms in total. The van der Waals surface area contributed by atoms with Crippen molar-refractivity contribution in [3.8, 4) is 0 Å². The van der Waals surface area contributed by atoms with Gasteiger partial charge in [0.1, 0.15) is 0 Å². The van der Waals surface area contributed by atoms with E-state index < -0.39 is 0 Å². The molecule has 0 unspecified atom stereocenters. The smallest absolute Gasteiger partial charge is 0.220 e. The predicted molar refractivity (Wildman–Crippen MR) is 88.2 cm³/mol. The van der Waals surface area contributed by atoms with E-state index in [1.807, 2.05) is 34.7 Å². The highest BCUT2D eigenvalue weighted by Crippen LogP contribution is 2.29.